The van der Waals surface area contributed by atoms with E-state index in [0.29, 0.717) is 17.8 Å². The van der Waals surface area contributed by atoms with Crippen molar-refractivity contribution in [3.63, 3.8) is 0 Å². The van der Waals surface area contributed by atoms with Gasteiger partial charge in [-0.05, 0) is 129 Å². The molecule has 0 aromatic heterocycles. The summed E-state index contributed by atoms with van der Waals surface area (Å²) in [7, 11) is 0. The van der Waals surface area contributed by atoms with Gasteiger partial charge in [0.25, 0.3) is 5.70 Å². The largest absolute Gasteiger partial charge is 0.295 e. The first-order chi connectivity index (χ1) is 30.4. The third-order valence-corrected chi connectivity index (χ3v) is 12.6. The van der Waals surface area contributed by atoms with Crippen LogP contribution in [-0.2, 0) is 16.0 Å². The van der Waals surface area contributed by atoms with E-state index in [2.05, 4.69) is 193 Å². The number of hydrogen-bond acceptors (Lipinski definition) is 2. The van der Waals surface area contributed by atoms with Gasteiger partial charge in [-0.1, -0.05) is 157 Å². The Hall–Kier alpha value is -7.49. The Morgan fingerprint density at radius 1 is 0.435 bits per heavy atom. The minimum atomic E-state index is -0.535. The zero-order valence-electron chi connectivity index (χ0n) is 35.2. The second-order valence-corrected chi connectivity index (χ2v) is 16.5. The maximum atomic E-state index is 14.9. The molecule has 8 aromatic carbocycles. The number of hydrogen-bond donors (Lipinski definition) is 0. The topological polar surface area (TPSA) is 37.1 Å². The van der Waals surface area contributed by atoms with E-state index in [4.69, 9.17) is 0 Å². The van der Waals surface area contributed by atoms with Gasteiger partial charge in [0.05, 0.1) is 11.1 Å². The molecule has 10 rings (SSSR count). The van der Waals surface area contributed by atoms with Crippen molar-refractivity contribution in [2.24, 2.45) is 0 Å². The molecular formula is C59H46NO2+. The molecule has 0 fully saturated rings. The summed E-state index contributed by atoms with van der Waals surface area (Å²) in [5.41, 5.74) is 19.3. The fraction of sp³-hybridized carbons (Fsp3) is 0.102. The van der Waals surface area contributed by atoms with Crippen LogP contribution in [0.1, 0.15) is 53.1 Å². The van der Waals surface area contributed by atoms with Gasteiger partial charge in [-0.25, -0.2) is 0 Å². The van der Waals surface area contributed by atoms with E-state index in [9.17, 15) is 9.59 Å². The van der Waals surface area contributed by atoms with Crippen LogP contribution in [0.15, 0.2) is 205 Å². The van der Waals surface area contributed by atoms with Crippen molar-refractivity contribution in [1.29, 1.82) is 0 Å². The summed E-state index contributed by atoms with van der Waals surface area (Å²) in [5, 5.41) is 0. The Balaban J connectivity index is 1.35. The average Bonchev–Trinajstić information content (AvgIpc) is 3.62. The van der Waals surface area contributed by atoms with Crippen LogP contribution in [0.5, 0.6) is 0 Å². The molecule has 0 saturated heterocycles. The van der Waals surface area contributed by atoms with Crippen molar-refractivity contribution < 1.29 is 14.2 Å². The first-order valence-electron chi connectivity index (χ1n) is 21.5. The third-order valence-electron chi connectivity index (χ3n) is 12.6. The Labute approximate surface area is 364 Å². The molecule has 62 heavy (non-hydrogen) atoms. The van der Waals surface area contributed by atoms with Crippen LogP contribution >= 0.6 is 0 Å². The lowest BCUT2D eigenvalue weighted by Crippen LogP contribution is -2.34. The zero-order valence-corrected chi connectivity index (χ0v) is 35.2. The van der Waals surface area contributed by atoms with E-state index >= 15 is 0 Å². The first kappa shape index (κ1) is 38.7. The van der Waals surface area contributed by atoms with Crippen LogP contribution in [0.3, 0.4) is 0 Å². The standard InChI is InChI=1S/C59H46NO2/c1-38-28-30-46(31-29-38)59-47-27-17-16-26-45(47)32-33-60(59)58(40(3)62)56(39(2)61)57-54-36-50(43-22-12-6-13-23-43)48(41-18-8-4-9-19-41)34-52(54)53-35-49(42-20-10-5-11-21-42)51(37-55(53)57)44-24-14-7-15-25-44/h4-31,34-37,57H,32-33H2,1-3H3/q+1/b58-56+. The highest BCUT2D eigenvalue weighted by molar-refractivity contribution is 6.13. The molecule has 3 nitrogen and oxygen atoms in total. The molecule has 3 heteroatoms. The number of Topliss-reactive ketones (excluding diaryl/α,β-unsaturated/α-hetero) is 2. The van der Waals surface area contributed by atoms with E-state index in [1.807, 2.05) is 12.1 Å². The summed E-state index contributed by atoms with van der Waals surface area (Å²) in [6.07, 6.45) is 0.739. The third kappa shape index (κ3) is 6.86. The Bertz CT molecular complexity index is 2960. The molecule has 0 N–H and O–H groups in total. The van der Waals surface area contributed by atoms with Crippen LogP contribution in [0.4, 0.5) is 0 Å². The molecule has 0 unspecified atom stereocenters. The molecule has 8 aromatic rings. The molecule has 0 atom stereocenters. The highest BCUT2D eigenvalue weighted by atomic mass is 16.1. The predicted molar refractivity (Wildman–Crippen MR) is 254 cm³/mol. The summed E-state index contributed by atoms with van der Waals surface area (Å²) < 4.78 is 2.16. The Morgan fingerprint density at radius 2 is 0.855 bits per heavy atom. The van der Waals surface area contributed by atoms with Crippen molar-refractivity contribution in [2.75, 3.05) is 6.54 Å². The second kappa shape index (κ2) is 16.2. The van der Waals surface area contributed by atoms with Crippen molar-refractivity contribution in [2.45, 2.75) is 33.1 Å². The van der Waals surface area contributed by atoms with Gasteiger partial charge in [-0.2, -0.15) is 4.58 Å². The molecule has 1 heterocycles. The number of benzene rings is 8. The predicted octanol–water partition coefficient (Wildman–Crippen LogP) is 13.3. The molecule has 2 aliphatic rings. The minimum absolute atomic E-state index is 0.122. The van der Waals surface area contributed by atoms with Gasteiger partial charge < -0.3 is 0 Å². The van der Waals surface area contributed by atoms with E-state index in [1.165, 1.54) is 5.56 Å². The first-order valence-corrected chi connectivity index (χ1v) is 21.5. The normalized spacial score (nSPS) is 13.5. The van der Waals surface area contributed by atoms with Gasteiger partial charge in [-0.15, -0.1) is 0 Å². The second-order valence-electron chi connectivity index (χ2n) is 16.5. The van der Waals surface area contributed by atoms with E-state index in [-0.39, 0.29) is 11.6 Å². The van der Waals surface area contributed by atoms with Crippen LogP contribution in [0.25, 0.3) is 55.6 Å². The number of carbonyl (C=O) groups is 2. The molecule has 0 bridgehead atoms. The van der Waals surface area contributed by atoms with E-state index in [1.54, 1.807) is 13.8 Å². The van der Waals surface area contributed by atoms with Gasteiger partial charge in [-0.3, -0.25) is 9.59 Å². The lowest BCUT2D eigenvalue weighted by Gasteiger charge is -2.24. The molecule has 0 spiro atoms. The molecule has 0 radical (unpaired) electrons. The van der Waals surface area contributed by atoms with Crippen molar-refractivity contribution in [3.8, 4) is 55.6 Å². The lowest BCUT2D eigenvalue weighted by atomic mass is 9.81. The summed E-state index contributed by atoms with van der Waals surface area (Å²) in [6, 6.07) is 68.4. The number of nitrogens with zero attached hydrogens (tertiary/aromatic N) is 1. The lowest BCUT2D eigenvalue weighted by molar-refractivity contribution is -0.472. The van der Waals surface area contributed by atoms with Gasteiger partial charge in [0, 0.05) is 24.8 Å². The fourth-order valence-electron chi connectivity index (χ4n) is 9.82. The Morgan fingerprint density at radius 3 is 1.29 bits per heavy atom. The maximum absolute atomic E-state index is 14.9. The monoisotopic (exact) mass is 800 g/mol. The number of ketones is 2. The number of allylic oxidation sites excluding steroid dienone is 2. The average molecular weight is 801 g/mol. The van der Waals surface area contributed by atoms with Crippen molar-refractivity contribution in [3.05, 3.63) is 239 Å². The van der Waals surface area contributed by atoms with Gasteiger partial charge >= 0.3 is 0 Å². The smallest absolute Gasteiger partial charge is 0.256 e. The highest BCUT2D eigenvalue weighted by Crippen LogP contribution is 2.55. The zero-order chi connectivity index (χ0) is 42.3. The number of fused-ring (bicyclic) bond motifs is 4. The fourth-order valence-corrected chi connectivity index (χ4v) is 9.82. The molecule has 0 saturated carbocycles. The van der Waals surface area contributed by atoms with Gasteiger partial charge in [0.1, 0.15) is 0 Å². The molecule has 0 amide bonds. The number of carbonyl (C=O) groups excluding carboxylic acids is 2. The van der Waals surface area contributed by atoms with E-state index in [0.717, 1.165) is 95.6 Å². The summed E-state index contributed by atoms with van der Waals surface area (Å²) in [5.74, 6) is -0.794. The SMILES string of the molecule is CC(=O)/C(=C(/C(C)=O)[N+]1=C(c2ccc(C)cc2)c2ccccc2CC1)C1c2cc(-c3ccccc3)c(-c3ccccc3)cc2-c2cc(-c3ccccc3)c(-c3ccccc3)cc21. The van der Waals surface area contributed by atoms with Crippen molar-refractivity contribution >= 4 is 17.3 Å². The summed E-state index contributed by atoms with van der Waals surface area (Å²) in [4.78, 5) is 29.6. The minimum Gasteiger partial charge on any atom is -0.295 e. The quantitative estimate of drug-likeness (QED) is 0.108. The molecule has 1 aliphatic carbocycles. The van der Waals surface area contributed by atoms with Crippen LogP contribution in [-0.4, -0.2) is 28.4 Å². The van der Waals surface area contributed by atoms with Crippen molar-refractivity contribution in [1.82, 2.24) is 0 Å². The van der Waals surface area contributed by atoms with Crippen LogP contribution in [0.2, 0.25) is 0 Å². The van der Waals surface area contributed by atoms with Gasteiger partial charge in [0.15, 0.2) is 12.3 Å². The van der Waals surface area contributed by atoms with E-state index < -0.39 is 5.92 Å². The summed E-state index contributed by atoms with van der Waals surface area (Å²) >= 11 is 0. The maximum Gasteiger partial charge on any atom is 0.256 e. The van der Waals surface area contributed by atoms with Crippen LogP contribution in [0, 0.1) is 6.92 Å². The summed E-state index contributed by atoms with van der Waals surface area (Å²) in [6.45, 7) is 5.92. The van der Waals surface area contributed by atoms with Gasteiger partial charge in [0.2, 0.25) is 11.5 Å². The molecular weight excluding hydrogens is 755 g/mol. The highest BCUT2D eigenvalue weighted by Gasteiger charge is 2.43. The molecule has 1 aliphatic heterocycles. The number of aryl methyl sites for hydroxylation is 1. The Kier molecular flexibility index (Phi) is 10.1. The molecule has 298 valence electrons. The number of rotatable bonds is 9. The van der Waals surface area contributed by atoms with Crippen LogP contribution < -0.4 is 0 Å².